The summed E-state index contributed by atoms with van der Waals surface area (Å²) in [5.74, 6) is -3.78. The molecule has 1 aliphatic rings. The number of rotatable bonds is 2. The summed E-state index contributed by atoms with van der Waals surface area (Å²) in [6.45, 7) is 1.14. The molecule has 6 nitrogen and oxygen atoms in total. The summed E-state index contributed by atoms with van der Waals surface area (Å²) in [7, 11) is 0. The lowest BCUT2D eigenvalue weighted by atomic mass is 10.0. The largest absolute Gasteiger partial charge is 0.335 e. The van der Waals surface area contributed by atoms with E-state index in [-0.39, 0.29) is 0 Å². The number of carbonyl (C=O) groups excluding carboxylic acids is 4. The minimum atomic E-state index is -1.47. The van der Waals surface area contributed by atoms with E-state index in [2.05, 4.69) is 15.9 Å². The number of halogens is 1. The zero-order chi connectivity index (χ0) is 14.2. The van der Waals surface area contributed by atoms with Crippen LogP contribution in [0, 0.1) is 5.92 Å². The number of amides is 4. The van der Waals surface area contributed by atoms with Gasteiger partial charge in [0.2, 0.25) is 5.91 Å². The van der Waals surface area contributed by atoms with Crippen LogP contribution in [0.4, 0.5) is 10.5 Å². The molecule has 0 radical (unpaired) electrons. The Labute approximate surface area is 116 Å². The van der Waals surface area contributed by atoms with E-state index in [1.165, 1.54) is 12.1 Å². The van der Waals surface area contributed by atoms with Gasteiger partial charge in [-0.25, -0.2) is 9.69 Å². The maximum absolute atomic E-state index is 12.1. The average molecular weight is 325 g/mol. The molecular weight excluding hydrogens is 316 g/mol. The summed E-state index contributed by atoms with van der Waals surface area (Å²) in [5.41, 5.74) is 0.296. The van der Waals surface area contributed by atoms with Gasteiger partial charge in [-0.05, 0) is 31.2 Å². The van der Waals surface area contributed by atoms with Gasteiger partial charge < -0.3 is 0 Å². The standard InChI is InChI=1S/C12H9BrN2O4/c1-6(16)9-10(17)14-12(19)15(11(9)18)8-4-2-7(13)3-5-8/h2-5,9H,1H3,(H,14,17,19). The highest BCUT2D eigenvalue weighted by Gasteiger charge is 2.43. The first-order chi connectivity index (χ1) is 8.91. The van der Waals surface area contributed by atoms with E-state index < -0.39 is 29.5 Å². The quantitative estimate of drug-likeness (QED) is 0.829. The molecule has 0 aromatic heterocycles. The maximum atomic E-state index is 12.1. The van der Waals surface area contributed by atoms with Crippen molar-refractivity contribution in [3.8, 4) is 0 Å². The lowest BCUT2D eigenvalue weighted by Gasteiger charge is -2.28. The molecule has 0 saturated carbocycles. The summed E-state index contributed by atoms with van der Waals surface area (Å²) in [5, 5.41) is 2.00. The molecule has 1 saturated heterocycles. The van der Waals surface area contributed by atoms with Crippen molar-refractivity contribution in [2.24, 2.45) is 5.92 Å². The van der Waals surface area contributed by atoms with Crippen LogP contribution < -0.4 is 10.2 Å². The lowest BCUT2D eigenvalue weighted by molar-refractivity contribution is -0.140. The highest BCUT2D eigenvalue weighted by atomic mass is 79.9. The number of ketones is 1. The number of nitrogens with zero attached hydrogens (tertiary/aromatic N) is 1. The highest BCUT2D eigenvalue weighted by Crippen LogP contribution is 2.23. The molecule has 0 bridgehead atoms. The predicted molar refractivity (Wildman–Crippen MR) is 69.3 cm³/mol. The Morgan fingerprint density at radius 3 is 2.32 bits per heavy atom. The predicted octanol–water partition coefficient (Wildman–Crippen LogP) is 1.24. The maximum Gasteiger partial charge on any atom is 0.335 e. The van der Waals surface area contributed by atoms with Crippen LogP contribution in [-0.2, 0) is 14.4 Å². The fourth-order valence-electron chi connectivity index (χ4n) is 1.77. The number of benzene rings is 1. The first-order valence-corrected chi connectivity index (χ1v) is 6.16. The summed E-state index contributed by atoms with van der Waals surface area (Å²) in [6, 6.07) is 5.52. The highest BCUT2D eigenvalue weighted by molar-refractivity contribution is 9.10. The van der Waals surface area contributed by atoms with Gasteiger partial charge in [-0.15, -0.1) is 0 Å². The minimum Gasteiger partial charge on any atom is -0.299 e. The van der Waals surface area contributed by atoms with E-state index in [1.54, 1.807) is 12.1 Å². The van der Waals surface area contributed by atoms with Crippen LogP contribution >= 0.6 is 15.9 Å². The summed E-state index contributed by atoms with van der Waals surface area (Å²) in [4.78, 5) is 47.4. The first-order valence-electron chi connectivity index (χ1n) is 5.36. The number of carbonyl (C=O) groups is 4. The second kappa shape index (κ2) is 4.93. The van der Waals surface area contributed by atoms with Crippen molar-refractivity contribution < 1.29 is 19.2 Å². The SMILES string of the molecule is CC(=O)C1C(=O)NC(=O)N(c2ccc(Br)cc2)C1=O. The Kier molecular flexibility index (Phi) is 3.48. The number of Topliss-reactive ketones (excluding diaryl/α,β-unsaturated/α-hetero) is 1. The Hall–Kier alpha value is -2.02. The molecule has 1 fully saturated rings. The van der Waals surface area contributed by atoms with Gasteiger partial charge in [0.15, 0.2) is 11.7 Å². The third-order valence-electron chi connectivity index (χ3n) is 2.65. The molecule has 1 atom stereocenters. The third kappa shape index (κ3) is 2.41. The Morgan fingerprint density at radius 1 is 1.21 bits per heavy atom. The molecule has 0 aliphatic carbocycles. The number of imide groups is 2. The molecule has 19 heavy (non-hydrogen) atoms. The zero-order valence-electron chi connectivity index (χ0n) is 9.84. The summed E-state index contributed by atoms with van der Waals surface area (Å²) >= 11 is 3.23. The van der Waals surface area contributed by atoms with E-state index in [0.29, 0.717) is 5.69 Å². The number of hydrogen-bond acceptors (Lipinski definition) is 4. The van der Waals surface area contributed by atoms with E-state index >= 15 is 0 Å². The molecule has 1 aliphatic heterocycles. The summed E-state index contributed by atoms with van der Waals surface area (Å²) in [6.07, 6.45) is 0. The van der Waals surface area contributed by atoms with Crippen LogP contribution in [0.2, 0.25) is 0 Å². The number of nitrogens with one attached hydrogen (secondary N) is 1. The van der Waals surface area contributed by atoms with Crippen molar-refractivity contribution in [1.82, 2.24) is 5.32 Å². The van der Waals surface area contributed by atoms with Crippen LogP contribution in [0.1, 0.15) is 6.92 Å². The normalized spacial score (nSPS) is 19.4. The molecule has 1 N–H and O–H groups in total. The number of urea groups is 1. The van der Waals surface area contributed by atoms with Gasteiger partial charge in [-0.3, -0.25) is 19.7 Å². The molecule has 0 spiro atoms. The zero-order valence-corrected chi connectivity index (χ0v) is 11.4. The van der Waals surface area contributed by atoms with Crippen LogP contribution in [0.25, 0.3) is 0 Å². The molecule has 7 heteroatoms. The van der Waals surface area contributed by atoms with Crippen molar-refractivity contribution >= 4 is 45.2 Å². The Morgan fingerprint density at radius 2 is 1.79 bits per heavy atom. The van der Waals surface area contributed by atoms with Crippen LogP contribution in [0.3, 0.4) is 0 Å². The molecule has 4 amide bonds. The molecular formula is C12H9BrN2O4. The first kappa shape index (κ1) is 13.4. The molecule has 1 unspecified atom stereocenters. The molecule has 98 valence electrons. The molecule has 2 rings (SSSR count). The summed E-state index contributed by atoms with van der Waals surface area (Å²) < 4.78 is 0.778. The Bertz CT molecular complexity index is 582. The van der Waals surface area contributed by atoms with Crippen molar-refractivity contribution in [2.45, 2.75) is 6.92 Å². The van der Waals surface area contributed by atoms with E-state index in [0.717, 1.165) is 16.3 Å². The van der Waals surface area contributed by atoms with Crippen molar-refractivity contribution in [3.63, 3.8) is 0 Å². The fourth-order valence-corrected chi connectivity index (χ4v) is 2.03. The van der Waals surface area contributed by atoms with Crippen LogP contribution in [0.15, 0.2) is 28.7 Å². The van der Waals surface area contributed by atoms with Gasteiger partial charge in [-0.2, -0.15) is 0 Å². The van der Waals surface area contributed by atoms with Crippen molar-refractivity contribution in [2.75, 3.05) is 4.90 Å². The van der Waals surface area contributed by atoms with Gasteiger partial charge in [0.1, 0.15) is 0 Å². The number of anilines is 1. The fraction of sp³-hybridized carbons (Fsp3) is 0.167. The second-order valence-electron chi connectivity index (χ2n) is 3.99. The monoisotopic (exact) mass is 324 g/mol. The van der Waals surface area contributed by atoms with Crippen LogP contribution in [0.5, 0.6) is 0 Å². The third-order valence-corrected chi connectivity index (χ3v) is 3.18. The average Bonchev–Trinajstić information content (AvgIpc) is 2.30. The van der Waals surface area contributed by atoms with E-state index in [4.69, 9.17) is 0 Å². The molecule has 1 aromatic carbocycles. The van der Waals surface area contributed by atoms with Gasteiger partial charge in [-0.1, -0.05) is 15.9 Å². The van der Waals surface area contributed by atoms with E-state index in [1.807, 2.05) is 5.32 Å². The van der Waals surface area contributed by atoms with Gasteiger partial charge in [0.05, 0.1) is 5.69 Å². The van der Waals surface area contributed by atoms with Crippen molar-refractivity contribution in [3.05, 3.63) is 28.7 Å². The van der Waals surface area contributed by atoms with Gasteiger partial charge >= 0.3 is 6.03 Å². The minimum absolute atomic E-state index is 0.296. The second-order valence-corrected chi connectivity index (χ2v) is 4.90. The number of barbiturate groups is 1. The number of hydrogen-bond donors (Lipinski definition) is 1. The topological polar surface area (TPSA) is 83.6 Å². The smallest absolute Gasteiger partial charge is 0.299 e. The van der Waals surface area contributed by atoms with E-state index in [9.17, 15) is 19.2 Å². The Balaban J connectivity index is 2.41. The van der Waals surface area contributed by atoms with Gasteiger partial charge in [0.25, 0.3) is 5.91 Å². The van der Waals surface area contributed by atoms with Gasteiger partial charge in [0, 0.05) is 4.47 Å². The van der Waals surface area contributed by atoms with Crippen LogP contribution in [-0.4, -0.2) is 23.6 Å². The van der Waals surface area contributed by atoms with Crippen molar-refractivity contribution in [1.29, 1.82) is 0 Å². The molecule has 1 heterocycles. The molecule has 1 aromatic rings. The lowest BCUT2D eigenvalue weighted by Crippen LogP contribution is -2.59.